The van der Waals surface area contributed by atoms with Gasteiger partial charge in [-0.25, -0.2) is 4.98 Å². The number of nitrogens with one attached hydrogen (secondary N) is 1. The molecule has 2 aromatic rings. The number of ether oxygens (including phenoxy) is 1. The van der Waals surface area contributed by atoms with E-state index < -0.39 is 0 Å². The van der Waals surface area contributed by atoms with Gasteiger partial charge in [0.15, 0.2) is 0 Å². The molecule has 0 saturated carbocycles. The Bertz CT molecular complexity index is 552. The van der Waals surface area contributed by atoms with E-state index in [1.165, 1.54) is 0 Å². The molecule has 1 aromatic heterocycles. The number of anilines is 1. The lowest BCUT2D eigenvalue weighted by molar-refractivity contribution is 0.415. The van der Waals surface area contributed by atoms with Crippen LogP contribution >= 0.6 is 0 Å². The van der Waals surface area contributed by atoms with Crippen LogP contribution in [0.15, 0.2) is 42.6 Å². The molecular formula is C14H17N3O. The van der Waals surface area contributed by atoms with Gasteiger partial charge in [0.05, 0.1) is 7.11 Å². The van der Waals surface area contributed by atoms with E-state index in [2.05, 4.69) is 10.3 Å². The highest BCUT2D eigenvalue weighted by Gasteiger charge is 2.02. The first-order chi connectivity index (χ1) is 8.85. The Morgan fingerprint density at radius 3 is 3.00 bits per heavy atom. The first-order valence-electron chi connectivity index (χ1n) is 5.87. The van der Waals surface area contributed by atoms with E-state index in [1.807, 2.05) is 36.4 Å². The van der Waals surface area contributed by atoms with Gasteiger partial charge in [0.2, 0.25) is 0 Å². The van der Waals surface area contributed by atoms with Crippen LogP contribution in [0, 0.1) is 0 Å². The van der Waals surface area contributed by atoms with E-state index in [0.717, 1.165) is 22.3 Å². The topological polar surface area (TPSA) is 60.2 Å². The van der Waals surface area contributed by atoms with Gasteiger partial charge in [-0.15, -0.1) is 0 Å². The predicted molar refractivity (Wildman–Crippen MR) is 75.0 cm³/mol. The molecule has 0 atom stereocenters. The molecule has 0 aliphatic rings. The standard InChI is InChI=1S/C14H17N3O/c1-18-12-5-4-11-6-9-17-14(13(11)10-12)16-8-3-2-7-15/h2-6,9-10H,7-8,15H2,1H3,(H,16,17)/b3-2+. The molecule has 0 amide bonds. The lowest BCUT2D eigenvalue weighted by Crippen LogP contribution is -2.02. The summed E-state index contributed by atoms with van der Waals surface area (Å²) in [5.41, 5.74) is 5.39. The van der Waals surface area contributed by atoms with E-state index in [1.54, 1.807) is 13.3 Å². The Morgan fingerprint density at radius 1 is 1.33 bits per heavy atom. The summed E-state index contributed by atoms with van der Waals surface area (Å²) < 4.78 is 5.23. The molecule has 0 saturated heterocycles. The van der Waals surface area contributed by atoms with Gasteiger partial charge >= 0.3 is 0 Å². The molecule has 4 heteroatoms. The van der Waals surface area contributed by atoms with Gasteiger partial charge in [-0.05, 0) is 23.6 Å². The number of hydrogen-bond donors (Lipinski definition) is 2. The Labute approximate surface area is 106 Å². The van der Waals surface area contributed by atoms with Crippen LogP contribution in [0.3, 0.4) is 0 Å². The summed E-state index contributed by atoms with van der Waals surface area (Å²) in [6.45, 7) is 1.26. The maximum atomic E-state index is 5.39. The molecule has 18 heavy (non-hydrogen) atoms. The minimum absolute atomic E-state index is 0.554. The highest BCUT2D eigenvalue weighted by atomic mass is 16.5. The summed E-state index contributed by atoms with van der Waals surface area (Å²) in [7, 11) is 1.66. The number of fused-ring (bicyclic) bond motifs is 1. The Kier molecular flexibility index (Phi) is 4.15. The molecule has 3 N–H and O–H groups in total. The minimum atomic E-state index is 0.554. The molecule has 0 aliphatic carbocycles. The molecule has 0 aliphatic heterocycles. The zero-order valence-corrected chi connectivity index (χ0v) is 10.4. The third kappa shape index (κ3) is 2.78. The number of pyridine rings is 1. The van der Waals surface area contributed by atoms with Crippen molar-refractivity contribution in [3.8, 4) is 5.75 Å². The lowest BCUT2D eigenvalue weighted by atomic mass is 10.1. The van der Waals surface area contributed by atoms with E-state index in [9.17, 15) is 0 Å². The molecular weight excluding hydrogens is 226 g/mol. The SMILES string of the molecule is COc1ccc2ccnc(NC/C=C/CN)c2c1. The molecule has 2 rings (SSSR count). The molecule has 0 spiro atoms. The van der Waals surface area contributed by atoms with Crippen molar-refractivity contribution in [2.75, 3.05) is 25.5 Å². The van der Waals surface area contributed by atoms with Crippen molar-refractivity contribution < 1.29 is 4.74 Å². The predicted octanol–water partition coefficient (Wildman–Crippen LogP) is 2.17. The quantitative estimate of drug-likeness (QED) is 0.790. The van der Waals surface area contributed by atoms with Crippen molar-refractivity contribution >= 4 is 16.6 Å². The summed E-state index contributed by atoms with van der Waals surface area (Å²) in [6, 6.07) is 7.93. The monoisotopic (exact) mass is 243 g/mol. The second kappa shape index (κ2) is 6.02. The van der Waals surface area contributed by atoms with E-state index in [-0.39, 0.29) is 0 Å². The number of aromatic nitrogens is 1. The van der Waals surface area contributed by atoms with E-state index in [0.29, 0.717) is 13.1 Å². The number of nitrogens with two attached hydrogens (primary N) is 1. The summed E-state index contributed by atoms with van der Waals surface area (Å²) in [5.74, 6) is 1.68. The Hall–Kier alpha value is -2.07. The zero-order chi connectivity index (χ0) is 12.8. The molecule has 0 unspecified atom stereocenters. The highest BCUT2D eigenvalue weighted by Crippen LogP contribution is 2.25. The van der Waals surface area contributed by atoms with Crippen molar-refractivity contribution in [2.45, 2.75) is 0 Å². The third-order valence-electron chi connectivity index (χ3n) is 2.66. The van der Waals surface area contributed by atoms with Gasteiger partial charge in [0.25, 0.3) is 0 Å². The summed E-state index contributed by atoms with van der Waals surface area (Å²) >= 11 is 0. The van der Waals surface area contributed by atoms with Crippen molar-refractivity contribution in [1.82, 2.24) is 4.98 Å². The van der Waals surface area contributed by atoms with Crippen LogP contribution in [0.25, 0.3) is 10.8 Å². The van der Waals surface area contributed by atoms with Gasteiger partial charge in [-0.2, -0.15) is 0 Å². The Morgan fingerprint density at radius 2 is 2.22 bits per heavy atom. The maximum absolute atomic E-state index is 5.39. The molecule has 4 nitrogen and oxygen atoms in total. The molecule has 1 heterocycles. The maximum Gasteiger partial charge on any atom is 0.134 e. The molecule has 1 aromatic carbocycles. The fourth-order valence-corrected chi connectivity index (χ4v) is 1.75. The van der Waals surface area contributed by atoms with Crippen LogP contribution in [0.4, 0.5) is 5.82 Å². The molecule has 0 bridgehead atoms. The van der Waals surface area contributed by atoms with Crippen LogP contribution in [-0.2, 0) is 0 Å². The molecule has 0 radical (unpaired) electrons. The normalized spacial score (nSPS) is 11.0. The number of hydrogen-bond acceptors (Lipinski definition) is 4. The van der Waals surface area contributed by atoms with E-state index >= 15 is 0 Å². The van der Waals surface area contributed by atoms with Crippen LogP contribution in [0.2, 0.25) is 0 Å². The second-order valence-corrected chi connectivity index (χ2v) is 3.83. The first-order valence-corrected chi connectivity index (χ1v) is 5.87. The summed E-state index contributed by atoms with van der Waals surface area (Å²) in [5, 5.41) is 5.45. The third-order valence-corrected chi connectivity index (χ3v) is 2.66. The van der Waals surface area contributed by atoms with Gasteiger partial charge in [-0.1, -0.05) is 18.2 Å². The zero-order valence-electron chi connectivity index (χ0n) is 10.4. The molecule has 0 fully saturated rings. The van der Waals surface area contributed by atoms with Gasteiger partial charge in [0.1, 0.15) is 11.6 Å². The van der Waals surface area contributed by atoms with Crippen LogP contribution in [0.1, 0.15) is 0 Å². The van der Waals surface area contributed by atoms with Crippen molar-refractivity contribution in [3.63, 3.8) is 0 Å². The fraction of sp³-hybridized carbons (Fsp3) is 0.214. The number of benzene rings is 1. The van der Waals surface area contributed by atoms with Gasteiger partial charge in [0, 0.05) is 24.7 Å². The van der Waals surface area contributed by atoms with E-state index in [4.69, 9.17) is 10.5 Å². The minimum Gasteiger partial charge on any atom is -0.497 e. The fourth-order valence-electron chi connectivity index (χ4n) is 1.75. The largest absolute Gasteiger partial charge is 0.497 e. The van der Waals surface area contributed by atoms with Crippen molar-refractivity contribution in [3.05, 3.63) is 42.6 Å². The van der Waals surface area contributed by atoms with Gasteiger partial charge in [-0.3, -0.25) is 0 Å². The van der Waals surface area contributed by atoms with Gasteiger partial charge < -0.3 is 15.8 Å². The van der Waals surface area contributed by atoms with Crippen LogP contribution in [0.5, 0.6) is 5.75 Å². The highest BCUT2D eigenvalue weighted by molar-refractivity contribution is 5.92. The number of nitrogens with zero attached hydrogens (tertiary/aromatic N) is 1. The average molecular weight is 243 g/mol. The van der Waals surface area contributed by atoms with Crippen LogP contribution < -0.4 is 15.8 Å². The first kappa shape index (κ1) is 12.4. The summed E-state index contributed by atoms with van der Waals surface area (Å²) in [6.07, 6.45) is 5.70. The number of methoxy groups -OCH3 is 1. The molecule has 94 valence electrons. The lowest BCUT2D eigenvalue weighted by Gasteiger charge is -2.08. The van der Waals surface area contributed by atoms with Crippen LogP contribution in [-0.4, -0.2) is 25.2 Å². The smallest absolute Gasteiger partial charge is 0.134 e. The second-order valence-electron chi connectivity index (χ2n) is 3.83. The van der Waals surface area contributed by atoms with Crippen molar-refractivity contribution in [1.29, 1.82) is 0 Å². The number of rotatable bonds is 5. The average Bonchev–Trinajstić information content (AvgIpc) is 2.43. The summed E-state index contributed by atoms with van der Waals surface area (Å²) in [4.78, 5) is 4.35. The Balaban J connectivity index is 2.28. The van der Waals surface area contributed by atoms with Crippen molar-refractivity contribution in [2.24, 2.45) is 5.73 Å².